The van der Waals surface area contributed by atoms with Crippen LogP contribution in [0.25, 0.3) is 22.5 Å². The normalized spacial score (nSPS) is 11.3. The molecule has 6 aromatic rings. The number of hydrogen-bond donors (Lipinski definition) is 4. The van der Waals surface area contributed by atoms with E-state index in [2.05, 4.69) is 52.3 Å². The second-order valence-electron chi connectivity index (χ2n) is 10.5. The average molecular weight is 700 g/mol. The summed E-state index contributed by atoms with van der Waals surface area (Å²) in [6.45, 7) is 4.40. The van der Waals surface area contributed by atoms with Gasteiger partial charge in [0.1, 0.15) is 12.4 Å². The summed E-state index contributed by atoms with van der Waals surface area (Å²) in [6, 6.07) is 29.5. The molecule has 0 atom stereocenters. The molecule has 0 saturated heterocycles. The lowest BCUT2D eigenvalue weighted by molar-refractivity contribution is 0.302. The van der Waals surface area contributed by atoms with Crippen molar-refractivity contribution in [3.8, 4) is 28.3 Å². The second kappa shape index (κ2) is 12.1. The Morgan fingerprint density at radius 3 is 1.58 bits per heavy atom. The van der Waals surface area contributed by atoms with Gasteiger partial charge in [-0.2, -0.15) is 0 Å². The zero-order valence-electron chi connectivity index (χ0n) is 23.4. The van der Waals surface area contributed by atoms with Gasteiger partial charge in [-0.3, -0.25) is 30.0 Å². The molecular formula is C34H28Br2N4O3. The first-order chi connectivity index (χ1) is 20.8. The summed E-state index contributed by atoms with van der Waals surface area (Å²) < 4.78 is 7.56. The van der Waals surface area contributed by atoms with Crippen molar-refractivity contribution in [2.75, 3.05) is 0 Å². The number of benzene rings is 4. The smallest absolute Gasteiger partial charge is 0.268 e. The third-order valence-corrected chi connectivity index (χ3v) is 8.65. The first-order valence-corrected chi connectivity index (χ1v) is 15.3. The highest BCUT2D eigenvalue weighted by atomic mass is 79.9. The van der Waals surface area contributed by atoms with Crippen molar-refractivity contribution >= 4 is 31.9 Å². The van der Waals surface area contributed by atoms with Crippen molar-refractivity contribution in [3.63, 3.8) is 0 Å². The Morgan fingerprint density at radius 2 is 1.12 bits per heavy atom. The summed E-state index contributed by atoms with van der Waals surface area (Å²) in [5.41, 5.74) is 7.07. The lowest BCUT2D eigenvalue weighted by Gasteiger charge is -2.20. The Hall–Kier alpha value is -4.34. The first-order valence-electron chi connectivity index (χ1n) is 13.7. The molecule has 216 valence electrons. The Balaban J connectivity index is 1.54. The molecule has 0 aliphatic rings. The van der Waals surface area contributed by atoms with Crippen molar-refractivity contribution in [3.05, 3.63) is 154 Å². The standard InChI is InChI=1S/C34H28Br2N4O3/c1-19-8-12-22(13-9-19)30-28(33(41)39-37-30)27(29-31(38-40-34(29)42)23-14-10-20(2)11-15-23)24-16-25(35)32(26(36)17-24)43-18-21-6-4-3-5-7-21/h3-17,27H,18H2,1-2H3,(H2,37,39,41)(H2,38,40,42). The van der Waals surface area contributed by atoms with E-state index in [1.165, 1.54) is 0 Å². The van der Waals surface area contributed by atoms with Crippen LogP contribution in [0.2, 0.25) is 0 Å². The summed E-state index contributed by atoms with van der Waals surface area (Å²) in [5.74, 6) is -0.122. The summed E-state index contributed by atoms with van der Waals surface area (Å²) in [6.07, 6.45) is 0. The van der Waals surface area contributed by atoms with Gasteiger partial charge >= 0.3 is 0 Å². The monoisotopic (exact) mass is 698 g/mol. The Bertz CT molecular complexity index is 1880. The van der Waals surface area contributed by atoms with E-state index in [-0.39, 0.29) is 11.1 Å². The van der Waals surface area contributed by atoms with Crippen molar-refractivity contribution in [1.29, 1.82) is 0 Å². The van der Waals surface area contributed by atoms with Gasteiger partial charge in [0.2, 0.25) is 0 Å². The largest absolute Gasteiger partial charge is 0.487 e. The summed E-state index contributed by atoms with van der Waals surface area (Å²) >= 11 is 7.41. The molecule has 43 heavy (non-hydrogen) atoms. The molecule has 0 amide bonds. The number of ether oxygens (including phenoxy) is 1. The number of halogens is 2. The molecule has 2 heterocycles. The molecule has 0 spiro atoms. The van der Waals surface area contributed by atoms with Crippen LogP contribution in [0.5, 0.6) is 5.75 Å². The van der Waals surface area contributed by atoms with Gasteiger partial charge in [0, 0.05) is 5.92 Å². The molecule has 0 aliphatic carbocycles. The van der Waals surface area contributed by atoms with E-state index in [0.29, 0.717) is 43.8 Å². The Kier molecular flexibility index (Phi) is 8.10. The van der Waals surface area contributed by atoms with Gasteiger partial charge in [-0.25, -0.2) is 0 Å². The molecule has 0 saturated carbocycles. The van der Waals surface area contributed by atoms with Crippen molar-refractivity contribution in [1.82, 2.24) is 20.4 Å². The van der Waals surface area contributed by atoms with Crippen LogP contribution < -0.4 is 15.9 Å². The van der Waals surface area contributed by atoms with E-state index < -0.39 is 5.92 Å². The van der Waals surface area contributed by atoms with Gasteiger partial charge in [-0.05, 0) is 80.1 Å². The number of aromatic amines is 4. The van der Waals surface area contributed by atoms with E-state index >= 15 is 0 Å². The fraction of sp³-hybridized carbons (Fsp3) is 0.118. The fourth-order valence-corrected chi connectivity index (χ4v) is 6.72. The molecule has 7 nitrogen and oxygen atoms in total. The lowest BCUT2D eigenvalue weighted by atomic mass is 9.83. The molecule has 0 fully saturated rings. The highest BCUT2D eigenvalue weighted by Crippen LogP contribution is 2.43. The van der Waals surface area contributed by atoms with Crippen LogP contribution in [-0.2, 0) is 6.61 Å². The van der Waals surface area contributed by atoms with Crippen molar-refractivity contribution in [2.24, 2.45) is 0 Å². The summed E-state index contributed by atoms with van der Waals surface area (Å²) in [4.78, 5) is 27.3. The minimum atomic E-state index is -0.742. The molecule has 0 aliphatic heterocycles. The number of aryl methyl sites for hydroxylation is 2. The van der Waals surface area contributed by atoms with Crippen LogP contribution in [0.3, 0.4) is 0 Å². The van der Waals surface area contributed by atoms with Gasteiger partial charge in [-0.1, -0.05) is 90.0 Å². The highest BCUT2D eigenvalue weighted by Gasteiger charge is 2.32. The summed E-state index contributed by atoms with van der Waals surface area (Å²) in [5, 5.41) is 11.7. The van der Waals surface area contributed by atoms with Gasteiger partial charge in [0.05, 0.1) is 31.5 Å². The SMILES string of the molecule is Cc1ccc(-c2[nH][nH]c(=O)c2C(c2cc(Br)c(OCc3ccccc3)c(Br)c2)c2c(-c3ccc(C)cc3)[nH][nH]c2=O)cc1. The minimum absolute atomic E-state index is 0.312. The van der Waals surface area contributed by atoms with E-state index in [9.17, 15) is 9.59 Å². The van der Waals surface area contributed by atoms with Gasteiger partial charge < -0.3 is 4.74 Å². The van der Waals surface area contributed by atoms with Crippen LogP contribution in [0.15, 0.2) is 110 Å². The van der Waals surface area contributed by atoms with Crippen LogP contribution in [-0.4, -0.2) is 20.4 Å². The molecule has 6 rings (SSSR count). The maximum Gasteiger partial charge on any atom is 0.268 e. The number of aromatic nitrogens is 4. The lowest BCUT2D eigenvalue weighted by Crippen LogP contribution is -2.20. The fourth-order valence-electron chi connectivity index (χ4n) is 5.27. The molecule has 0 radical (unpaired) electrons. The van der Waals surface area contributed by atoms with E-state index in [1.807, 2.05) is 105 Å². The van der Waals surface area contributed by atoms with E-state index in [0.717, 1.165) is 33.4 Å². The third kappa shape index (κ3) is 5.83. The predicted molar refractivity (Wildman–Crippen MR) is 177 cm³/mol. The molecule has 2 aromatic heterocycles. The van der Waals surface area contributed by atoms with E-state index in [4.69, 9.17) is 4.74 Å². The van der Waals surface area contributed by atoms with Crippen molar-refractivity contribution in [2.45, 2.75) is 26.4 Å². The van der Waals surface area contributed by atoms with Gasteiger partial charge in [0.15, 0.2) is 0 Å². The topological polar surface area (TPSA) is 107 Å². The van der Waals surface area contributed by atoms with E-state index in [1.54, 1.807) is 0 Å². The van der Waals surface area contributed by atoms with Crippen LogP contribution >= 0.6 is 31.9 Å². The number of rotatable bonds is 8. The maximum absolute atomic E-state index is 13.6. The molecule has 9 heteroatoms. The third-order valence-electron chi connectivity index (χ3n) is 7.47. The maximum atomic E-state index is 13.6. The molecule has 4 N–H and O–H groups in total. The molecule has 0 bridgehead atoms. The van der Waals surface area contributed by atoms with Gasteiger partial charge in [0.25, 0.3) is 11.1 Å². The highest BCUT2D eigenvalue weighted by molar-refractivity contribution is 9.11. The number of hydrogen-bond acceptors (Lipinski definition) is 3. The van der Waals surface area contributed by atoms with Crippen LogP contribution in [0, 0.1) is 13.8 Å². The Morgan fingerprint density at radius 1 is 0.651 bits per heavy atom. The van der Waals surface area contributed by atoms with Crippen molar-refractivity contribution < 1.29 is 4.74 Å². The predicted octanol–water partition coefficient (Wildman–Crippen LogP) is 7.95. The zero-order chi connectivity index (χ0) is 30.1. The number of nitrogens with one attached hydrogen (secondary N) is 4. The average Bonchev–Trinajstić information content (AvgIpc) is 3.57. The van der Waals surface area contributed by atoms with Gasteiger partial charge in [-0.15, -0.1) is 0 Å². The Labute approximate surface area is 264 Å². The van der Waals surface area contributed by atoms with Crippen LogP contribution in [0.4, 0.5) is 0 Å². The van der Waals surface area contributed by atoms with Crippen LogP contribution in [0.1, 0.15) is 39.3 Å². The first kappa shape index (κ1) is 28.8. The second-order valence-corrected chi connectivity index (χ2v) is 12.2. The number of H-pyrrole nitrogens is 4. The zero-order valence-corrected chi connectivity index (χ0v) is 26.6. The minimum Gasteiger partial charge on any atom is -0.487 e. The summed E-state index contributed by atoms with van der Waals surface area (Å²) in [7, 11) is 0. The molecule has 0 unspecified atom stereocenters. The quantitative estimate of drug-likeness (QED) is 0.130. The molecule has 4 aromatic carbocycles. The molecular weight excluding hydrogens is 672 g/mol.